The normalized spacial score (nSPS) is 7.09. The van der Waals surface area contributed by atoms with E-state index in [-0.39, 0.29) is 45.1 Å². The maximum Gasteiger partial charge on any atom is 1.00 e. The molecule has 5 heteroatoms. The minimum atomic E-state index is 0. The Balaban J connectivity index is -0.000000101. The van der Waals surface area contributed by atoms with Crippen molar-refractivity contribution in [2.45, 2.75) is 34.1 Å². The van der Waals surface area contributed by atoms with Crippen LogP contribution >= 0.6 is 34.0 Å². The van der Waals surface area contributed by atoms with Crippen LogP contribution in [0, 0.1) is 19.2 Å². The maximum absolute atomic E-state index is 3.60. The van der Waals surface area contributed by atoms with Crippen LogP contribution in [-0.2, 0) is 0 Å². The van der Waals surface area contributed by atoms with E-state index >= 15 is 0 Å². The standard InChI is InChI=1S/C5H6S.C4H4S.C4H3S.C4H9.CH4.2Li/c1-5-3-2-4-6-5;2*1-2-4-5-3-1;1-3-4-2;;;/h2-4H,1H3;1-4H;1-3H;1,3-4H2,2H3;1H4;;/q;;2*-1;;2*+1. The van der Waals surface area contributed by atoms with Crippen molar-refractivity contribution in [3.8, 4) is 0 Å². The van der Waals surface area contributed by atoms with Crippen LogP contribution in [0.25, 0.3) is 0 Å². The summed E-state index contributed by atoms with van der Waals surface area (Å²) < 4.78 is 0. The fourth-order valence-corrected chi connectivity index (χ4v) is 2.16. The molecule has 0 radical (unpaired) electrons. The molecule has 0 aliphatic rings. The second-order valence-electron chi connectivity index (χ2n) is 3.60. The number of hydrogen-bond donors (Lipinski definition) is 0. The molecule has 0 N–H and O–H groups in total. The predicted molar refractivity (Wildman–Crippen MR) is 104 cm³/mol. The second-order valence-corrected chi connectivity index (χ2v) is 6.31. The van der Waals surface area contributed by atoms with Gasteiger partial charge in [-0.25, -0.2) is 6.07 Å². The molecular weight excluding hydrogens is 326 g/mol. The summed E-state index contributed by atoms with van der Waals surface area (Å²) in [5.41, 5.74) is 0. The van der Waals surface area contributed by atoms with Crippen LogP contribution < -0.4 is 37.7 Å². The van der Waals surface area contributed by atoms with Crippen molar-refractivity contribution in [1.29, 1.82) is 0 Å². The van der Waals surface area contributed by atoms with Crippen molar-refractivity contribution in [3.05, 3.63) is 75.1 Å². The quantitative estimate of drug-likeness (QED) is 0.461. The van der Waals surface area contributed by atoms with Crippen LogP contribution in [0.2, 0.25) is 0 Å². The van der Waals surface area contributed by atoms with Crippen molar-refractivity contribution in [2.24, 2.45) is 0 Å². The third-order valence-electron chi connectivity index (χ3n) is 1.82. The fourth-order valence-electron chi connectivity index (χ4n) is 0.784. The molecule has 3 aromatic heterocycles. The summed E-state index contributed by atoms with van der Waals surface area (Å²) in [6.45, 7) is 7.82. The average Bonchev–Trinajstić information content (AvgIpc) is 3.22. The van der Waals surface area contributed by atoms with Crippen LogP contribution in [0.5, 0.6) is 0 Å². The molecule has 0 saturated carbocycles. The van der Waals surface area contributed by atoms with Gasteiger partial charge in [-0.05, 0) is 29.1 Å². The van der Waals surface area contributed by atoms with Crippen molar-refractivity contribution in [1.82, 2.24) is 0 Å². The van der Waals surface area contributed by atoms with Gasteiger partial charge in [-0.2, -0.15) is 29.2 Å². The predicted octanol–water partition coefficient (Wildman–Crippen LogP) is 1.62. The van der Waals surface area contributed by atoms with E-state index < -0.39 is 0 Å². The molecule has 3 aromatic rings. The second kappa shape index (κ2) is 27.2. The van der Waals surface area contributed by atoms with E-state index in [9.17, 15) is 0 Å². The molecule has 0 unspecified atom stereocenters. The van der Waals surface area contributed by atoms with Gasteiger partial charge in [0.2, 0.25) is 0 Å². The van der Waals surface area contributed by atoms with Crippen molar-refractivity contribution in [2.75, 3.05) is 0 Å². The van der Waals surface area contributed by atoms with E-state index in [1.807, 2.05) is 40.4 Å². The molecule has 0 amide bonds. The number of aryl methyl sites for hydroxylation is 1. The molecule has 3 rings (SSSR count). The van der Waals surface area contributed by atoms with E-state index in [0.29, 0.717) is 0 Å². The number of hydrogen-bond acceptors (Lipinski definition) is 3. The fraction of sp³-hybridized carbons (Fsp3) is 0.278. The molecule has 0 bridgehead atoms. The Bertz CT molecular complexity index is 372. The Hall–Kier alpha value is 0.295. The smallest absolute Gasteiger partial charge is 0.343 e. The van der Waals surface area contributed by atoms with Gasteiger partial charge in [-0.3, -0.25) is 0 Å². The number of unbranched alkanes of at least 4 members (excludes halogenated alkanes) is 1. The minimum Gasteiger partial charge on any atom is -0.343 e. The SMILES string of the molecule is C.Cc1cccs1.[CH2-]CCC.[Li+].[Li+].[c-]1cccs1.c1ccsc1. The summed E-state index contributed by atoms with van der Waals surface area (Å²) in [5.74, 6) is 0. The van der Waals surface area contributed by atoms with E-state index in [1.165, 1.54) is 11.3 Å². The first kappa shape index (κ1) is 31.1. The molecule has 118 valence electrons. The van der Waals surface area contributed by atoms with Crippen LogP contribution in [0.1, 0.15) is 32.1 Å². The molecule has 23 heavy (non-hydrogen) atoms. The van der Waals surface area contributed by atoms with Gasteiger partial charge < -0.3 is 18.3 Å². The summed E-state index contributed by atoms with van der Waals surface area (Å²) in [6.07, 6.45) is 2.28. The molecule has 0 aliphatic heterocycles. The van der Waals surface area contributed by atoms with Gasteiger partial charge in [-0.1, -0.05) is 39.0 Å². The van der Waals surface area contributed by atoms with Crippen LogP contribution in [-0.4, -0.2) is 0 Å². The Kier molecular flexibility index (Phi) is 36.7. The summed E-state index contributed by atoms with van der Waals surface area (Å²) >= 11 is 5.08. The summed E-state index contributed by atoms with van der Waals surface area (Å²) in [5, 5.41) is 11.1. The minimum absolute atomic E-state index is 0. The van der Waals surface area contributed by atoms with Crippen molar-refractivity contribution in [3.63, 3.8) is 0 Å². The van der Waals surface area contributed by atoms with E-state index in [4.69, 9.17) is 0 Å². The van der Waals surface area contributed by atoms with Gasteiger partial charge in [0.15, 0.2) is 0 Å². The molecule has 0 atom stereocenters. The molecule has 0 aromatic carbocycles. The maximum atomic E-state index is 3.60. The first-order chi connectivity index (χ1) is 9.81. The number of thiophene rings is 3. The zero-order chi connectivity index (χ0) is 14.9. The summed E-state index contributed by atoms with van der Waals surface area (Å²) in [4.78, 5) is 1.38. The Morgan fingerprint density at radius 3 is 1.74 bits per heavy atom. The zero-order valence-electron chi connectivity index (χ0n) is 14.1. The third kappa shape index (κ3) is 27.4. The van der Waals surface area contributed by atoms with Gasteiger partial charge in [0.25, 0.3) is 0 Å². The first-order valence-electron chi connectivity index (χ1n) is 6.47. The van der Waals surface area contributed by atoms with Crippen LogP contribution in [0.4, 0.5) is 0 Å². The van der Waals surface area contributed by atoms with Gasteiger partial charge in [0, 0.05) is 4.88 Å². The Morgan fingerprint density at radius 1 is 1.00 bits per heavy atom. The van der Waals surface area contributed by atoms with E-state index in [2.05, 4.69) is 43.7 Å². The molecule has 0 aliphatic carbocycles. The largest absolute Gasteiger partial charge is 1.00 e. The first-order valence-corrected chi connectivity index (χ1v) is 9.17. The Labute approximate surface area is 179 Å². The van der Waals surface area contributed by atoms with E-state index in [0.717, 1.165) is 6.42 Å². The molecule has 0 spiro atoms. The Morgan fingerprint density at radius 2 is 1.61 bits per heavy atom. The summed E-state index contributed by atoms with van der Waals surface area (Å²) in [7, 11) is 0. The number of rotatable bonds is 1. The average molecular weight is 352 g/mol. The van der Waals surface area contributed by atoms with Gasteiger partial charge >= 0.3 is 37.7 Å². The topological polar surface area (TPSA) is 0 Å². The van der Waals surface area contributed by atoms with E-state index in [1.54, 1.807) is 34.0 Å². The molecule has 0 nitrogen and oxygen atoms in total. The molecule has 0 saturated heterocycles. The van der Waals surface area contributed by atoms with Crippen molar-refractivity contribution >= 4 is 34.0 Å². The molecular formula is C18H26Li2S3. The summed E-state index contributed by atoms with van der Waals surface area (Å²) in [6, 6.07) is 12.1. The molecule has 0 fully saturated rings. The zero-order valence-corrected chi connectivity index (χ0v) is 16.6. The van der Waals surface area contributed by atoms with Crippen LogP contribution in [0.15, 0.2) is 57.9 Å². The molecule has 3 heterocycles. The van der Waals surface area contributed by atoms with Gasteiger partial charge in [0.1, 0.15) is 0 Å². The van der Waals surface area contributed by atoms with Gasteiger partial charge in [0.05, 0.1) is 0 Å². The van der Waals surface area contributed by atoms with Crippen molar-refractivity contribution < 1.29 is 37.7 Å². The van der Waals surface area contributed by atoms with Crippen LogP contribution in [0.3, 0.4) is 0 Å². The third-order valence-corrected chi connectivity index (χ3v) is 3.82. The van der Waals surface area contributed by atoms with Gasteiger partial charge in [-0.15, -0.1) is 16.7 Å². The monoisotopic (exact) mass is 352 g/mol.